The van der Waals surface area contributed by atoms with Crippen molar-refractivity contribution in [1.82, 2.24) is 25.1 Å². The Kier molecular flexibility index (Phi) is 3.89. The van der Waals surface area contributed by atoms with Crippen molar-refractivity contribution in [3.63, 3.8) is 0 Å². The third-order valence-electron chi connectivity index (χ3n) is 3.54. The van der Waals surface area contributed by atoms with Crippen molar-refractivity contribution in [2.45, 2.75) is 25.9 Å². The summed E-state index contributed by atoms with van der Waals surface area (Å²) in [6, 6.07) is 4.31. The number of hydrogen-bond acceptors (Lipinski definition) is 6. The van der Waals surface area contributed by atoms with Gasteiger partial charge in [-0.3, -0.25) is 0 Å². The lowest BCUT2D eigenvalue weighted by Crippen LogP contribution is -2.52. The first kappa shape index (κ1) is 14.0. The van der Waals surface area contributed by atoms with E-state index in [1.54, 1.807) is 6.07 Å². The number of nitrogens with one attached hydrogen (secondary N) is 2. The van der Waals surface area contributed by atoms with E-state index in [0.29, 0.717) is 24.9 Å². The normalized spacial score (nSPS) is 19.6. The molecule has 8 nitrogen and oxygen atoms in total. The minimum Gasteiger partial charge on any atom is -0.377 e. The van der Waals surface area contributed by atoms with Crippen molar-refractivity contribution < 1.29 is 4.74 Å². The molecule has 2 aromatic rings. The highest BCUT2D eigenvalue weighted by atomic mass is 16.5. The molecule has 0 aromatic carbocycles. The molecule has 1 unspecified atom stereocenters. The van der Waals surface area contributed by atoms with Crippen molar-refractivity contribution in [1.29, 1.82) is 0 Å². The predicted octanol–water partition coefficient (Wildman–Crippen LogP) is -0.379. The van der Waals surface area contributed by atoms with Crippen LogP contribution in [0.4, 0.5) is 5.82 Å². The zero-order chi connectivity index (χ0) is 14.8. The van der Waals surface area contributed by atoms with Crippen LogP contribution in [0, 0.1) is 0 Å². The van der Waals surface area contributed by atoms with E-state index in [2.05, 4.69) is 39.4 Å². The SMILES string of the molecule is CC(C)NCC1COCCN1c1ccc2n[nH]c(=O)n2n1. The largest absolute Gasteiger partial charge is 0.377 e. The van der Waals surface area contributed by atoms with Crippen molar-refractivity contribution in [3.05, 3.63) is 22.6 Å². The van der Waals surface area contributed by atoms with Gasteiger partial charge in [-0.25, -0.2) is 9.89 Å². The fourth-order valence-corrected chi connectivity index (χ4v) is 2.44. The minimum atomic E-state index is -0.322. The Morgan fingerprint density at radius 1 is 1.52 bits per heavy atom. The van der Waals surface area contributed by atoms with Crippen molar-refractivity contribution in [2.24, 2.45) is 0 Å². The molecule has 0 spiro atoms. The summed E-state index contributed by atoms with van der Waals surface area (Å²) < 4.78 is 6.86. The van der Waals surface area contributed by atoms with Crippen molar-refractivity contribution in [3.8, 4) is 0 Å². The molecule has 1 atom stereocenters. The number of H-pyrrole nitrogens is 1. The standard InChI is InChI=1S/C13H20N6O2/c1-9(2)14-7-10-8-21-6-5-18(10)12-4-3-11-15-16-13(20)19(11)17-12/h3-4,9-10,14H,5-8H2,1-2H3,(H,16,20). The maximum Gasteiger partial charge on any atom is 0.364 e. The third kappa shape index (κ3) is 2.91. The molecule has 0 radical (unpaired) electrons. The van der Waals surface area contributed by atoms with Gasteiger partial charge in [-0.1, -0.05) is 13.8 Å². The second-order valence-electron chi connectivity index (χ2n) is 5.48. The molecule has 0 amide bonds. The second-order valence-corrected chi connectivity index (χ2v) is 5.48. The quantitative estimate of drug-likeness (QED) is 0.799. The Hall–Kier alpha value is -1.93. The lowest BCUT2D eigenvalue weighted by molar-refractivity contribution is 0.0926. The zero-order valence-electron chi connectivity index (χ0n) is 12.2. The van der Waals surface area contributed by atoms with Crippen LogP contribution in [0.5, 0.6) is 0 Å². The van der Waals surface area contributed by atoms with Gasteiger partial charge in [0.05, 0.1) is 19.3 Å². The van der Waals surface area contributed by atoms with Crippen molar-refractivity contribution >= 4 is 11.5 Å². The molecule has 8 heteroatoms. The summed E-state index contributed by atoms with van der Waals surface area (Å²) in [5.74, 6) is 0.768. The molecule has 2 aromatic heterocycles. The molecule has 114 valence electrons. The molecule has 3 rings (SSSR count). The number of nitrogens with zero attached hydrogens (tertiary/aromatic N) is 4. The highest BCUT2D eigenvalue weighted by molar-refractivity contribution is 5.46. The fraction of sp³-hybridized carbons (Fsp3) is 0.615. The number of hydrogen-bond donors (Lipinski definition) is 2. The number of ether oxygens (including phenoxy) is 1. The number of anilines is 1. The van der Waals surface area contributed by atoms with Gasteiger partial charge in [0.1, 0.15) is 5.82 Å². The number of aromatic nitrogens is 4. The summed E-state index contributed by atoms with van der Waals surface area (Å²) in [5, 5.41) is 14.1. The fourth-order valence-electron chi connectivity index (χ4n) is 2.44. The third-order valence-corrected chi connectivity index (χ3v) is 3.54. The van der Waals surface area contributed by atoms with Gasteiger partial charge < -0.3 is 15.0 Å². The monoisotopic (exact) mass is 292 g/mol. The number of fused-ring (bicyclic) bond motifs is 1. The van der Waals surface area contributed by atoms with Crippen LogP contribution in [-0.2, 0) is 4.74 Å². The number of morpholine rings is 1. The van der Waals surface area contributed by atoms with E-state index >= 15 is 0 Å². The molecule has 0 aliphatic carbocycles. The Balaban J connectivity index is 1.86. The molecule has 2 N–H and O–H groups in total. The molecule has 3 heterocycles. The van der Waals surface area contributed by atoms with Crippen LogP contribution in [0.3, 0.4) is 0 Å². The van der Waals surface area contributed by atoms with Crippen molar-refractivity contribution in [2.75, 3.05) is 31.2 Å². The minimum absolute atomic E-state index is 0.203. The average Bonchev–Trinajstić information content (AvgIpc) is 2.86. The summed E-state index contributed by atoms with van der Waals surface area (Å²) in [6.07, 6.45) is 0. The average molecular weight is 292 g/mol. The topological polar surface area (TPSA) is 87.5 Å². The summed E-state index contributed by atoms with van der Waals surface area (Å²) in [7, 11) is 0. The zero-order valence-corrected chi connectivity index (χ0v) is 12.2. The van der Waals surface area contributed by atoms with Gasteiger partial charge in [-0.2, -0.15) is 9.61 Å². The van der Waals surface area contributed by atoms with Crippen LogP contribution < -0.4 is 15.9 Å². The van der Waals surface area contributed by atoms with Crippen LogP contribution in [0.1, 0.15) is 13.8 Å². The Morgan fingerprint density at radius 3 is 3.19 bits per heavy atom. The molecule has 21 heavy (non-hydrogen) atoms. The van der Waals surface area contributed by atoms with Gasteiger partial charge in [-0.15, -0.1) is 5.10 Å². The molecule has 0 bridgehead atoms. The van der Waals surface area contributed by atoms with Gasteiger partial charge in [0.15, 0.2) is 5.65 Å². The van der Waals surface area contributed by atoms with Gasteiger partial charge in [-0.05, 0) is 12.1 Å². The molecular formula is C13H20N6O2. The van der Waals surface area contributed by atoms with Crippen LogP contribution in [0.15, 0.2) is 16.9 Å². The lowest BCUT2D eigenvalue weighted by Gasteiger charge is -2.36. The summed E-state index contributed by atoms with van der Waals surface area (Å²) >= 11 is 0. The van der Waals surface area contributed by atoms with Crippen LogP contribution >= 0.6 is 0 Å². The Labute approximate surface area is 122 Å². The molecule has 1 aliphatic heterocycles. The van der Waals surface area contributed by atoms with Gasteiger partial charge in [0.25, 0.3) is 0 Å². The van der Waals surface area contributed by atoms with E-state index in [0.717, 1.165) is 18.9 Å². The maximum atomic E-state index is 11.6. The second kappa shape index (κ2) is 5.82. The molecule has 1 saturated heterocycles. The first-order valence-electron chi connectivity index (χ1n) is 7.17. The molecular weight excluding hydrogens is 272 g/mol. The van der Waals surface area contributed by atoms with E-state index in [4.69, 9.17) is 4.74 Å². The van der Waals surface area contributed by atoms with Crippen LogP contribution in [0.2, 0.25) is 0 Å². The van der Waals surface area contributed by atoms with E-state index in [-0.39, 0.29) is 11.7 Å². The predicted molar refractivity (Wildman–Crippen MR) is 78.7 cm³/mol. The molecule has 0 saturated carbocycles. The first-order valence-corrected chi connectivity index (χ1v) is 7.17. The molecule has 1 aliphatic rings. The van der Waals surface area contributed by atoms with E-state index in [1.165, 1.54) is 4.52 Å². The highest BCUT2D eigenvalue weighted by Crippen LogP contribution is 2.16. The van der Waals surface area contributed by atoms with E-state index < -0.39 is 0 Å². The van der Waals surface area contributed by atoms with Crippen LogP contribution in [-0.4, -0.2) is 58.2 Å². The van der Waals surface area contributed by atoms with E-state index in [9.17, 15) is 4.79 Å². The lowest BCUT2D eigenvalue weighted by atomic mass is 10.2. The summed E-state index contributed by atoms with van der Waals surface area (Å²) in [6.45, 7) is 7.12. The van der Waals surface area contributed by atoms with Gasteiger partial charge in [0.2, 0.25) is 0 Å². The smallest absolute Gasteiger partial charge is 0.364 e. The number of aromatic amines is 1. The molecule has 1 fully saturated rings. The maximum absolute atomic E-state index is 11.6. The summed E-state index contributed by atoms with van der Waals surface area (Å²) in [5.41, 5.74) is 0.200. The highest BCUT2D eigenvalue weighted by Gasteiger charge is 2.24. The summed E-state index contributed by atoms with van der Waals surface area (Å²) in [4.78, 5) is 13.8. The van der Waals surface area contributed by atoms with E-state index in [1.807, 2.05) is 6.07 Å². The number of rotatable bonds is 4. The van der Waals surface area contributed by atoms with Crippen LogP contribution in [0.25, 0.3) is 5.65 Å². The van der Waals surface area contributed by atoms with Gasteiger partial charge >= 0.3 is 5.69 Å². The first-order chi connectivity index (χ1) is 10.1. The Morgan fingerprint density at radius 2 is 2.38 bits per heavy atom. The Bertz CT molecular complexity index is 664. The van der Waals surface area contributed by atoms with Gasteiger partial charge in [0, 0.05) is 19.1 Å².